The number of rotatable bonds is 4. The van der Waals surface area contributed by atoms with E-state index in [1.165, 1.54) is 0 Å². The highest BCUT2D eigenvalue weighted by molar-refractivity contribution is 7.98. The van der Waals surface area contributed by atoms with Gasteiger partial charge in [0.1, 0.15) is 0 Å². The van der Waals surface area contributed by atoms with Crippen molar-refractivity contribution >= 4 is 17.7 Å². The van der Waals surface area contributed by atoms with Gasteiger partial charge < -0.3 is 11.1 Å². The third kappa shape index (κ3) is 3.37. The van der Waals surface area contributed by atoms with Crippen LogP contribution in [-0.4, -0.2) is 31.0 Å². The largest absolute Gasteiger partial charge is 0.368 e. The third-order valence-electron chi connectivity index (χ3n) is 1.03. The molecule has 0 heterocycles. The molecule has 3 nitrogen and oxygen atoms in total. The minimum atomic E-state index is -0.285. The molecule has 0 bridgehead atoms. The Hall–Kier alpha value is -0.220. The molecule has 54 valence electrons. The van der Waals surface area contributed by atoms with Gasteiger partial charge in [-0.05, 0) is 13.3 Å². The summed E-state index contributed by atoms with van der Waals surface area (Å²) in [5, 5.41) is 2.81. The molecule has 3 N–H and O–H groups in total. The molecule has 0 aliphatic heterocycles. The molecule has 0 rings (SSSR count). The third-order valence-corrected chi connectivity index (χ3v) is 1.69. The number of hydrogen-bond donors (Lipinski definition) is 2. The molecule has 0 aromatic rings. The van der Waals surface area contributed by atoms with Gasteiger partial charge in [0.05, 0.1) is 6.04 Å². The molecule has 0 aromatic carbocycles. The molecule has 0 aliphatic rings. The Morgan fingerprint density at radius 1 is 1.89 bits per heavy atom. The van der Waals surface area contributed by atoms with Crippen LogP contribution in [0.3, 0.4) is 0 Å². The van der Waals surface area contributed by atoms with Crippen molar-refractivity contribution in [1.29, 1.82) is 0 Å². The van der Waals surface area contributed by atoms with Gasteiger partial charge in [0.15, 0.2) is 0 Å². The second-order valence-corrected chi connectivity index (χ2v) is 2.61. The number of nitrogens with two attached hydrogens (primary N) is 1. The van der Waals surface area contributed by atoms with Crippen molar-refractivity contribution in [3.8, 4) is 0 Å². The molecule has 9 heavy (non-hydrogen) atoms. The lowest BCUT2D eigenvalue weighted by molar-refractivity contribution is -0.119. The first-order valence-electron chi connectivity index (χ1n) is 2.68. The summed E-state index contributed by atoms with van der Waals surface area (Å²) in [6, 6.07) is -0.181. The molecule has 0 fully saturated rings. The maximum Gasteiger partial charge on any atom is 0.235 e. The lowest BCUT2D eigenvalue weighted by atomic mass is 10.3. The van der Waals surface area contributed by atoms with Gasteiger partial charge in [0.2, 0.25) is 5.91 Å². The van der Waals surface area contributed by atoms with Crippen LogP contribution in [0.5, 0.6) is 0 Å². The fourth-order valence-electron chi connectivity index (χ4n) is 0.474. The Bertz CT molecular complexity index is 97.0. The lowest BCUT2D eigenvalue weighted by Crippen LogP contribution is -2.40. The number of primary amides is 1. The predicted molar refractivity (Wildman–Crippen MR) is 40.4 cm³/mol. The first-order chi connectivity index (χ1) is 4.22. The van der Waals surface area contributed by atoms with E-state index in [0.29, 0.717) is 0 Å². The number of carbonyl (C=O) groups is 1. The van der Waals surface area contributed by atoms with Crippen LogP contribution in [-0.2, 0) is 4.79 Å². The van der Waals surface area contributed by atoms with Crippen molar-refractivity contribution < 1.29 is 4.79 Å². The van der Waals surface area contributed by atoms with E-state index in [0.717, 1.165) is 5.75 Å². The smallest absolute Gasteiger partial charge is 0.235 e. The number of carbonyl (C=O) groups excluding carboxylic acids is 1. The van der Waals surface area contributed by atoms with E-state index in [1.54, 1.807) is 18.8 Å². The minimum Gasteiger partial charge on any atom is -0.368 e. The van der Waals surface area contributed by atoms with Crippen molar-refractivity contribution in [1.82, 2.24) is 5.32 Å². The molecule has 0 aliphatic carbocycles. The second kappa shape index (κ2) is 4.64. The zero-order valence-electron chi connectivity index (χ0n) is 5.68. The number of likely N-dealkylation sites (N-methyl/N-ethyl adjacent to an activating group) is 1. The van der Waals surface area contributed by atoms with E-state index in [2.05, 4.69) is 5.32 Å². The quantitative estimate of drug-likeness (QED) is 0.561. The van der Waals surface area contributed by atoms with Crippen LogP contribution < -0.4 is 11.1 Å². The first-order valence-corrected chi connectivity index (χ1v) is 4.07. The van der Waals surface area contributed by atoms with Crippen molar-refractivity contribution in [2.45, 2.75) is 6.04 Å². The van der Waals surface area contributed by atoms with Crippen molar-refractivity contribution in [3.05, 3.63) is 0 Å². The van der Waals surface area contributed by atoms with Gasteiger partial charge in [-0.25, -0.2) is 0 Å². The maximum atomic E-state index is 10.5. The van der Waals surface area contributed by atoms with Gasteiger partial charge in [-0.2, -0.15) is 11.8 Å². The Balaban J connectivity index is 3.54. The summed E-state index contributed by atoms with van der Waals surface area (Å²) < 4.78 is 0. The maximum absolute atomic E-state index is 10.5. The lowest BCUT2D eigenvalue weighted by Gasteiger charge is -2.08. The fourth-order valence-corrected chi connectivity index (χ4v) is 1.14. The van der Waals surface area contributed by atoms with Gasteiger partial charge in [-0.1, -0.05) is 0 Å². The standard InChI is InChI=1S/C5H12N2OS/c1-7-4(3-9-2)5(6)8/h4,7H,3H2,1-2H3,(H2,6,8). The molecular formula is C5H12N2OS. The SMILES string of the molecule is CNC(CSC)C(N)=O. The molecule has 1 amide bonds. The van der Waals surface area contributed by atoms with Crippen LogP contribution in [0.4, 0.5) is 0 Å². The average Bonchev–Trinajstić information content (AvgIpc) is 1.82. The van der Waals surface area contributed by atoms with Gasteiger partial charge in [0, 0.05) is 5.75 Å². The zero-order chi connectivity index (χ0) is 7.28. The molecule has 0 radical (unpaired) electrons. The average molecular weight is 148 g/mol. The minimum absolute atomic E-state index is 0.181. The number of amides is 1. The summed E-state index contributed by atoms with van der Waals surface area (Å²) in [6.45, 7) is 0. The van der Waals surface area contributed by atoms with Crippen LogP contribution in [0.15, 0.2) is 0 Å². The van der Waals surface area contributed by atoms with E-state index in [1.807, 2.05) is 6.26 Å². The van der Waals surface area contributed by atoms with Gasteiger partial charge in [-0.3, -0.25) is 4.79 Å². The van der Waals surface area contributed by atoms with E-state index in [9.17, 15) is 4.79 Å². The summed E-state index contributed by atoms with van der Waals surface area (Å²) in [7, 11) is 1.73. The molecule has 1 atom stereocenters. The van der Waals surface area contributed by atoms with E-state index < -0.39 is 0 Å². The summed E-state index contributed by atoms with van der Waals surface area (Å²) in [6.07, 6.45) is 1.94. The molecule has 4 heteroatoms. The van der Waals surface area contributed by atoms with Crippen LogP contribution in [0, 0.1) is 0 Å². The van der Waals surface area contributed by atoms with Crippen LogP contribution in [0.2, 0.25) is 0 Å². The monoisotopic (exact) mass is 148 g/mol. The van der Waals surface area contributed by atoms with Crippen molar-refractivity contribution in [2.24, 2.45) is 5.73 Å². The molecular weight excluding hydrogens is 136 g/mol. The topological polar surface area (TPSA) is 55.1 Å². The zero-order valence-corrected chi connectivity index (χ0v) is 6.49. The van der Waals surface area contributed by atoms with Crippen LogP contribution in [0.1, 0.15) is 0 Å². The van der Waals surface area contributed by atoms with Crippen LogP contribution in [0.25, 0.3) is 0 Å². The highest BCUT2D eigenvalue weighted by atomic mass is 32.2. The van der Waals surface area contributed by atoms with Crippen molar-refractivity contribution in [3.63, 3.8) is 0 Å². The Kier molecular flexibility index (Phi) is 4.53. The first kappa shape index (κ1) is 8.78. The number of thioether (sulfide) groups is 1. The van der Waals surface area contributed by atoms with Crippen LogP contribution >= 0.6 is 11.8 Å². The molecule has 0 saturated heterocycles. The van der Waals surface area contributed by atoms with Gasteiger partial charge >= 0.3 is 0 Å². The Morgan fingerprint density at radius 2 is 2.44 bits per heavy atom. The van der Waals surface area contributed by atoms with Crippen molar-refractivity contribution in [2.75, 3.05) is 19.1 Å². The van der Waals surface area contributed by atoms with E-state index in [-0.39, 0.29) is 11.9 Å². The molecule has 1 unspecified atom stereocenters. The van der Waals surface area contributed by atoms with E-state index in [4.69, 9.17) is 5.73 Å². The summed E-state index contributed by atoms with van der Waals surface area (Å²) in [5.74, 6) is 0.457. The molecule has 0 saturated carbocycles. The fraction of sp³-hybridized carbons (Fsp3) is 0.800. The molecule has 0 aromatic heterocycles. The number of nitrogens with one attached hydrogen (secondary N) is 1. The highest BCUT2D eigenvalue weighted by Crippen LogP contribution is 1.94. The van der Waals surface area contributed by atoms with E-state index >= 15 is 0 Å². The summed E-state index contributed by atoms with van der Waals surface area (Å²) in [4.78, 5) is 10.5. The Morgan fingerprint density at radius 3 is 2.56 bits per heavy atom. The predicted octanol–water partition coefficient (Wildman–Crippen LogP) is -0.577. The summed E-state index contributed by atoms with van der Waals surface area (Å²) >= 11 is 1.60. The summed E-state index contributed by atoms with van der Waals surface area (Å²) in [5.41, 5.74) is 5.02. The normalized spacial score (nSPS) is 13.1. The van der Waals surface area contributed by atoms with Gasteiger partial charge in [0.25, 0.3) is 0 Å². The second-order valence-electron chi connectivity index (χ2n) is 1.70. The molecule has 0 spiro atoms. The Labute approximate surface area is 59.4 Å². The highest BCUT2D eigenvalue weighted by Gasteiger charge is 2.09. The number of hydrogen-bond acceptors (Lipinski definition) is 3. The van der Waals surface area contributed by atoms with Gasteiger partial charge in [-0.15, -0.1) is 0 Å².